The van der Waals surface area contributed by atoms with E-state index in [-0.39, 0.29) is 6.04 Å². The Morgan fingerprint density at radius 1 is 1.25 bits per heavy atom. The summed E-state index contributed by atoms with van der Waals surface area (Å²) >= 11 is 0. The van der Waals surface area contributed by atoms with E-state index in [0.717, 1.165) is 18.9 Å². The molecule has 0 bridgehead atoms. The number of hydrogen-bond acceptors (Lipinski definition) is 2. The van der Waals surface area contributed by atoms with Crippen LogP contribution in [0.3, 0.4) is 0 Å². The second-order valence-electron chi connectivity index (χ2n) is 4.06. The summed E-state index contributed by atoms with van der Waals surface area (Å²) in [5.74, 6) is 0.848. The van der Waals surface area contributed by atoms with Crippen LogP contribution in [0.25, 0.3) is 10.8 Å². The van der Waals surface area contributed by atoms with Crippen molar-refractivity contribution in [2.45, 2.75) is 12.5 Å². The molecule has 1 unspecified atom stereocenters. The summed E-state index contributed by atoms with van der Waals surface area (Å²) in [5.41, 5.74) is 0. The van der Waals surface area contributed by atoms with Gasteiger partial charge in [0.15, 0.2) is 0 Å². The van der Waals surface area contributed by atoms with E-state index in [1.165, 1.54) is 10.8 Å². The van der Waals surface area contributed by atoms with Crippen LogP contribution in [0, 0.1) is 0 Å². The van der Waals surface area contributed by atoms with Crippen molar-refractivity contribution in [2.75, 3.05) is 13.7 Å². The standard InChI is InChI=1S/C13H14N2O/c1-16-13-12(6-7-14-13)15-8-10-4-2-3-5-11(10)9-15/h2-5,8-9,12H,6-7H2,1H3. The highest BCUT2D eigenvalue weighted by atomic mass is 16.5. The minimum absolute atomic E-state index is 0.275. The lowest BCUT2D eigenvalue weighted by Gasteiger charge is -2.13. The lowest BCUT2D eigenvalue weighted by Crippen LogP contribution is -2.15. The van der Waals surface area contributed by atoms with Gasteiger partial charge >= 0.3 is 0 Å². The molecule has 1 aromatic carbocycles. The van der Waals surface area contributed by atoms with Crippen LogP contribution >= 0.6 is 0 Å². The van der Waals surface area contributed by atoms with E-state index in [4.69, 9.17) is 4.74 Å². The van der Waals surface area contributed by atoms with Crippen LogP contribution in [-0.2, 0) is 4.74 Å². The summed E-state index contributed by atoms with van der Waals surface area (Å²) in [6.07, 6.45) is 5.36. The van der Waals surface area contributed by atoms with Gasteiger partial charge in [-0.2, -0.15) is 0 Å². The molecule has 0 radical (unpaired) electrons. The zero-order chi connectivity index (χ0) is 11.0. The number of nitrogens with zero attached hydrogens (tertiary/aromatic N) is 2. The maximum atomic E-state index is 5.30. The molecule has 0 N–H and O–H groups in total. The SMILES string of the molecule is COC1=NCCC1n1cc2ccccc2c1. The average Bonchev–Trinajstić information content (AvgIpc) is 2.94. The highest BCUT2D eigenvalue weighted by Crippen LogP contribution is 2.24. The Morgan fingerprint density at radius 3 is 2.56 bits per heavy atom. The lowest BCUT2D eigenvalue weighted by molar-refractivity contribution is 0.371. The summed E-state index contributed by atoms with van der Waals surface area (Å²) in [6.45, 7) is 0.863. The number of hydrogen-bond donors (Lipinski definition) is 0. The average molecular weight is 214 g/mol. The van der Waals surface area contributed by atoms with Crippen LogP contribution in [-0.4, -0.2) is 24.1 Å². The van der Waals surface area contributed by atoms with Gasteiger partial charge in [-0.3, -0.25) is 4.99 Å². The topological polar surface area (TPSA) is 26.5 Å². The third kappa shape index (κ3) is 1.40. The Kier molecular flexibility index (Phi) is 2.17. The maximum absolute atomic E-state index is 5.30. The Bertz CT molecular complexity index is 509. The Balaban J connectivity index is 2.03. The summed E-state index contributed by atoms with van der Waals surface area (Å²) in [6, 6.07) is 8.66. The Hall–Kier alpha value is -1.77. The van der Waals surface area contributed by atoms with Gasteiger partial charge in [0.25, 0.3) is 0 Å². The van der Waals surface area contributed by atoms with Gasteiger partial charge in [-0.1, -0.05) is 24.3 Å². The monoisotopic (exact) mass is 214 g/mol. The van der Waals surface area contributed by atoms with Crippen LogP contribution < -0.4 is 0 Å². The minimum atomic E-state index is 0.275. The van der Waals surface area contributed by atoms with E-state index in [2.05, 4.69) is 46.2 Å². The fourth-order valence-corrected chi connectivity index (χ4v) is 2.29. The molecule has 0 amide bonds. The van der Waals surface area contributed by atoms with Gasteiger partial charge in [-0.05, 0) is 17.2 Å². The molecule has 3 nitrogen and oxygen atoms in total. The maximum Gasteiger partial charge on any atom is 0.206 e. The molecule has 1 aliphatic rings. The van der Waals surface area contributed by atoms with Gasteiger partial charge in [0, 0.05) is 18.9 Å². The first kappa shape index (κ1) is 9.46. The van der Waals surface area contributed by atoms with Crippen LogP contribution in [0.15, 0.2) is 41.7 Å². The largest absolute Gasteiger partial charge is 0.483 e. The lowest BCUT2D eigenvalue weighted by atomic mass is 10.2. The number of rotatable bonds is 1. The first-order chi connectivity index (χ1) is 7.88. The van der Waals surface area contributed by atoms with Crippen LogP contribution in [0.1, 0.15) is 12.5 Å². The number of fused-ring (bicyclic) bond motifs is 1. The molecular formula is C13H14N2O. The molecular weight excluding hydrogens is 200 g/mol. The van der Waals surface area contributed by atoms with E-state index in [9.17, 15) is 0 Å². The molecule has 82 valence electrons. The molecule has 3 heteroatoms. The molecule has 2 heterocycles. The highest BCUT2D eigenvalue weighted by molar-refractivity contribution is 5.85. The Labute approximate surface area is 94.4 Å². The molecule has 0 saturated heterocycles. The molecule has 0 fully saturated rings. The molecule has 1 atom stereocenters. The number of aliphatic imine (C=N–C) groups is 1. The number of aromatic nitrogens is 1. The predicted molar refractivity (Wildman–Crippen MR) is 64.9 cm³/mol. The number of ether oxygens (including phenoxy) is 1. The fourth-order valence-electron chi connectivity index (χ4n) is 2.29. The van der Waals surface area contributed by atoms with Crippen molar-refractivity contribution in [2.24, 2.45) is 4.99 Å². The van der Waals surface area contributed by atoms with Crippen molar-refractivity contribution in [1.29, 1.82) is 0 Å². The molecule has 0 saturated carbocycles. The van der Waals surface area contributed by atoms with Crippen molar-refractivity contribution >= 4 is 16.7 Å². The van der Waals surface area contributed by atoms with Crippen LogP contribution in [0.5, 0.6) is 0 Å². The quantitative estimate of drug-likeness (QED) is 0.716. The van der Waals surface area contributed by atoms with Gasteiger partial charge < -0.3 is 9.30 Å². The molecule has 1 aliphatic heterocycles. The van der Waals surface area contributed by atoms with E-state index < -0.39 is 0 Å². The molecule has 1 aromatic heterocycles. The third-order valence-corrected chi connectivity index (χ3v) is 3.10. The molecule has 0 spiro atoms. The third-order valence-electron chi connectivity index (χ3n) is 3.10. The molecule has 16 heavy (non-hydrogen) atoms. The van der Waals surface area contributed by atoms with Crippen molar-refractivity contribution < 1.29 is 4.74 Å². The highest BCUT2D eigenvalue weighted by Gasteiger charge is 2.23. The van der Waals surface area contributed by atoms with Crippen LogP contribution in [0.2, 0.25) is 0 Å². The second-order valence-corrected chi connectivity index (χ2v) is 4.06. The normalized spacial score (nSPS) is 20.1. The zero-order valence-corrected chi connectivity index (χ0v) is 9.26. The molecule has 2 aromatic rings. The van der Waals surface area contributed by atoms with Gasteiger partial charge in [0.2, 0.25) is 5.90 Å². The van der Waals surface area contributed by atoms with E-state index in [1.807, 2.05) is 0 Å². The van der Waals surface area contributed by atoms with E-state index in [0.29, 0.717) is 0 Å². The van der Waals surface area contributed by atoms with Crippen molar-refractivity contribution in [3.63, 3.8) is 0 Å². The van der Waals surface area contributed by atoms with E-state index in [1.54, 1.807) is 7.11 Å². The molecule has 3 rings (SSSR count). The van der Waals surface area contributed by atoms with Gasteiger partial charge in [-0.25, -0.2) is 0 Å². The second kappa shape index (κ2) is 3.67. The predicted octanol–water partition coefficient (Wildman–Crippen LogP) is 2.63. The summed E-state index contributed by atoms with van der Waals surface area (Å²) in [5, 5.41) is 2.54. The van der Waals surface area contributed by atoms with E-state index >= 15 is 0 Å². The summed E-state index contributed by atoms with van der Waals surface area (Å²) < 4.78 is 7.51. The molecule has 0 aliphatic carbocycles. The number of benzene rings is 1. The van der Waals surface area contributed by atoms with Crippen molar-refractivity contribution in [1.82, 2.24) is 4.57 Å². The summed E-state index contributed by atoms with van der Waals surface area (Å²) in [7, 11) is 1.69. The van der Waals surface area contributed by atoms with Gasteiger partial charge in [0.1, 0.15) is 6.04 Å². The minimum Gasteiger partial charge on any atom is -0.483 e. The fraction of sp³-hybridized carbons (Fsp3) is 0.308. The van der Waals surface area contributed by atoms with Gasteiger partial charge in [0.05, 0.1) is 7.11 Å². The first-order valence-corrected chi connectivity index (χ1v) is 5.53. The van der Waals surface area contributed by atoms with Crippen molar-refractivity contribution in [3.05, 3.63) is 36.7 Å². The first-order valence-electron chi connectivity index (χ1n) is 5.53. The van der Waals surface area contributed by atoms with Gasteiger partial charge in [-0.15, -0.1) is 0 Å². The van der Waals surface area contributed by atoms with Crippen LogP contribution in [0.4, 0.5) is 0 Å². The zero-order valence-electron chi connectivity index (χ0n) is 9.26. The smallest absolute Gasteiger partial charge is 0.206 e. The Morgan fingerprint density at radius 2 is 1.94 bits per heavy atom. The summed E-state index contributed by atoms with van der Waals surface area (Å²) in [4.78, 5) is 4.36. The van der Waals surface area contributed by atoms with Crippen molar-refractivity contribution in [3.8, 4) is 0 Å². The number of methoxy groups -OCH3 is 1.